The zero-order chi connectivity index (χ0) is 10.0. The molecule has 1 rings (SSSR count). The number of hydrogen-bond donors (Lipinski definition) is 3. The SMILES string of the molecule is OCC1O[C@H](I)C(O)C(OI)[C@H]1O. The minimum absolute atomic E-state index is 0.288. The summed E-state index contributed by atoms with van der Waals surface area (Å²) in [7, 11) is 0. The third-order valence-electron chi connectivity index (χ3n) is 1.91. The lowest BCUT2D eigenvalue weighted by Gasteiger charge is -2.38. The maximum absolute atomic E-state index is 9.54. The van der Waals surface area contributed by atoms with Gasteiger partial charge in [0.2, 0.25) is 0 Å². The highest BCUT2D eigenvalue weighted by molar-refractivity contribution is 14.1. The molecule has 3 N–H and O–H groups in total. The van der Waals surface area contributed by atoms with Crippen molar-refractivity contribution < 1.29 is 23.1 Å². The second-order valence-electron chi connectivity index (χ2n) is 2.74. The predicted molar refractivity (Wildman–Crippen MR) is 60.7 cm³/mol. The molecule has 3 unspecified atom stereocenters. The molecule has 7 heteroatoms. The normalized spacial score (nSPS) is 46.4. The van der Waals surface area contributed by atoms with Gasteiger partial charge in [-0.3, -0.25) is 0 Å². The molecule has 78 valence electrons. The molecule has 13 heavy (non-hydrogen) atoms. The first kappa shape index (κ1) is 12.3. The van der Waals surface area contributed by atoms with Crippen molar-refractivity contribution in [2.45, 2.75) is 28.5 Å². The topological polar surface area (TPSA) is 79.2 Å². The second kappa shape index (κ2) is 5.37. The molecule has 1 heterocycles. The van der Waals surface area contributed by atoms with E-state index in [1.54, 1.807) is 23.0 Å². The Kier molecular flexibility index (Phi) is 5.10. The summed E-state index contributed by atoms with van der Waals surface area (Å²) in [5, 5.41) is 27.9. The Bertz CT molecular complexity index is 169. The van der Waals surface area contributed by atoms with Gasteiger partial charge in [0, 0.05) is 0 Å². The van der Waals surface area contributed by atoms with Crippen LogP contribution in [0.1, 0.15) is 0 Å². The minimum atomic E-state index is -0.997. The van der Waals surface area contributed by atoms with E-state index in [1.807, 2.05) is 22.6 Å². The van der Waals surface area contributed by atoms with Crippen LogP contribution >= 0.6 is 45.6 Å². The number of aliphatic hydroxyl groups is 3. The van der Waals surface area contributed by atoms with Crippen molar-refractivity contribution in [2.75, 3.05) is 6.61 Å². The van der Waals surface area contributed by atoms with Crippen LogP contribution in [-0.2, 0) is 7.80 Å². The summed E-state index contributed by atoms with van der Waals surface area (Å²) in [6.45, 7) is -0.288. The Hall–Kier alpha value is 1.26. The highest BCUT2D eigenvalue weighted by Gasteiger charge is 2.43. The van der Waals surface area contributed by atoms with E-state index in [2.05, 4.69) is 0 Å². The Balaban J connectivity index is 2.69. The van der Waals surface area contributed by atoms with E-state index in [0.29, 0.717) is 0 Å². The summed E-state index contributed by atoms with van der Waals surface area (Å²) in [4.78, 5) is 0. The Morgan fingerprint density at radius 1 is 1.31 bits per heavy atom. The first-order valence-electron chi connectivity index (χ1n) is 3.65. The number of alkyl halides is 1. The summed E-state index contributed by atoms with van der Waals surface area (Å²) in [6.07, 6.45) is -3.28. The van der Waals surface area contributed by atoms with Crippen molar-refractivity contribution in [3.05, 3.63) is 0 Å². The van der Waals surface area contributed by atoms with Crippen LogP contribution in [0.25, 0.3) is 0 Å². The molecular formula is C6H10I2O5. The van der Waals surface area contributed by atoms with Crippen LogP contribution in [-0.4, -0.2) is 50.5 Å². The Morgan fingerprint density at radius 2 is 1.92 bits per heavy atom. The van der Waals surface area contributed by atoms with Crippen molar-refractivity contribution in [2.24, 2.45) is 0 Å². The van der Waals surface area contributed by atoms with E-state index in [0.717, 1.165) is 0 Å². The van der Waals surface area contributed by atoms with Gasteiger partial charge in [-0.1, -0.05) is 0 Å². The lowest BCUT2D eigenvalue weighted by molar-refractivity contribution is -0.186. The van der Waals surface area contributed by atoms with Gasteiger partial charge in [-0.15, -0.1) is 0 Å². The zero-order valence-electron chi connectivity index (χ0n) is 6.51. The molecule has 0 aromatic heterocycles. The molecule has 0 bridgehead atoms. The number of ether oxygens (including phenoxy) is 1. The van der Waals surface area contributed by atoms with Crippen LogP contribution in [0.3, 0.4) is 0 Å². The van der Waals surface area contributed by atoms with E-state index in [-0.39, 0.29) is 6.61 Å². The fourth-order valence-corrected chi connectivity index (χ4v) is 2.54. The van der Waals surface area contributed by atoms with Crippen LogP contribution in [0.5, 0.6) is 0 Å². The van der Waals surface area contributed by atoms with Crippen LogP contribution in [0.15, 0.2) is 0 Å². The molecule has 0 aliphatic carbocycles. The lowest BCUT2D eigenvalue weighted by atomic mass is 10.0. The van der Waals surface area contributed by atoms with E-state index in [4.69, 9.17) is 12.9 Å². The van der Waals surface area contributed by atoms with Gasteiger partial charge >= 0.3 is 0 Å². The monoisotopic (exact) mass is 416 g/mol. The average Bonchev–Trinajstić information content (AvgIpc) is 2.12. The number of aliphatic hydroxyl groups excluding tert-OH is 3. The van der Waals surface area contributed by atoms with Gasteiger partial charge < -0.3 is 23.1 Å². The molecule has 1 fully saturated rings. The summed E-state index contributed by atoms with van der Waals surface area (Å²) in [5.41, 5.74) is 0. The molecule has 0 saturated carbocycles. The molecule has 0 spiro atoms. The fourth-order valence-electron chi connectivity index (χ4n) is 1.15. The molecule has 0 amide bonds. The molecule has 5 atom stereocenters. The largest absolute Gasteiger partial charge is 0.394 e. The molecule has 1 aliphatic rings. The number of halogens is 2. The van der Waals surface area contributed by atoms with Gasteiger partial charge in [-0.2, -0.15) is 0 Å². The standard InChI is InChI=1S/C6H10I2O5/c7-6-4(11)5(13-8)3(10)2(1-9)12-6/h2-6,9-11H,1H2/t2?,3-,4?,5?,6-/m0/s1. The lowest BCUT2D eigenvalue weighted by Crippen LogP contribution is -2.56. The summed E-state index contributed by atoms with van der Waals surface area (Å²) in [6, 6.07) is 0. The van der Waals surface area contributed by atoms with E-state index in [1.165, 1.54) is 0 Å². The predicted octanol–water partition coefficient (Wildman–Crippen LogP) is -0.404. The molecule has 5 nitrogen and oxygen atoms in total. The molecule has 1 aliphatic heterocycles. The van der Waals surface area contributed by atoms with Gasteiger partial charge in [-0.25, -0.2) is 0 Å². The van der Waals surface area contributed by atoms with Crippen LogP contribution in [0, 0.1) is 0 Å². The second-order valence-corrected chi connectivity index (χ2v) is 4.48. The summed E-state index contributed by atoms with van der Waals surface area (Å²) in [5.74, 6) is 0. The summed E-state index contributed by atoms with van der Waals surface area (Å²) < 4.78 is 9.56. The molecule has 0 aromatic rings. The van der Waals surface area contributed by atoms with Crippen molar-refractivity contribution in [1.82, 2.24) is 0 Å². The Morgan fingerprint density at radius 3 is 2.38 bits per heavy atom. The maximum atomic E-state index is 9.54. The third kappa shape index (κ3) is 2.63. The minimum Gasteiger partial charge on any atom is -0.394 e. The van der Waals surface area contributed by atoms with Crippen LogP contribution < -0.4 is 0 Å². The molecule has 0 aromatic carbocycles. The third-order valence-corrected chi connectivity index (χ3v) is 3.53. The highest BCUT2D eigenvalue weighted by Crippen LogP contribution is 2.27. The first-order chi connectivity index (χ1) is 6.11. The molecular weight excluding hydrogens is 406 g/mol. The zero-order valence-corrected chi connectivity index (χ0v) is 10.8. The quantitative estimate of drug-likeness (QED) is 0.422. The van der Waals surface area contributed by atoms with Crippen molar-refractivity contribution in [1.29, 1.82) is 0 Å². The van der Waals surface area contributed by atoms with E-state index >= 15 is 0 Å². The van der Waals surface area contributed by atoms with Gasteiger partial charge in [0.25, 0.3) is 0 Å². The average molecular weight is 416 g/mol. The summed E-state index contributed by atoms with van der Waals surface area (Å²) >= 11 is 3.51. The van der Waals surface area contributed by atoms with Crippen molar-refractivity contribution in [3.63, 3.8) is 0 Å². The highest BCUT2D eigenvalue weighted by atomic mass is 127. The number of rotatable bonds is 2. The molecule has 1 saturated heterocycles. The van der Waals surface area contributed by atoms with Gasteiger partial charge in [0.1, 0.15) is 51.5 Å². The Labute approximate surface area is 103 Å². The van der Waals surface area contributed by atoms with Gasteiger partial charge in [0.15, 0.2) is 0 Å². The molecule has 0 radical (unpaired) electrons. The van der Waals surface area contributed by atoms with Crippen LogP contribution in [0.2, 0.25) is 0 Å². The van der Waals surface area contributed by atoms with Gasteiger partial charge in [-0.05, 0) is 22.6 Å². The maximum Gasteiger partial charge on any atom is 0.137 e. The van der Waals surface area contributed by atoms with Crippen molar-refractivity contribution >= 4 is 45.6 Å². The van der Waals surface area contributed by atoms with Gasteiger partial charge in [0.05, 0.1) is 6.61 Å². The van der Waals surface area contributed by atoms with Crippen molar-refractivity contribution in [3.8, 4) is 0 Å². The van der Waals surface area contributed by atoms with E-state index in [9.17, 15) is 10.2 Å². The first-order valence-corrected chi connectivity index (χ1v) is 5.78. The van der Waals surface area contributed by atoms with Crippen LogP contribution in [0.4, 0.5) is 0 Å². The smallest absolute Gasteiger partial charge is 0.137 e. The van der Waals surface area contributed by atoms with E-state index < -0.39 is 28.5 Å². The number of hydrogen-bond acceptors (Lipinski definition) is 5. The fraction of sp³-hybridized carbons (Fsp3) is 1.00.